The quantitative estimate of drug-likeness (QED) is 0.332. The first-order chi connectivity index (χ1) is 17.0. The van der Waals surface area contributed by atoms with Crippen LogP contribution in [0.5, 0.6) is 0 Å². The molecule has 176 valence electrons. The molecule has 2 aromatic carbocycles. The molecule has 0 radical (unpaired) electrons. The number of amides is 1. The van der Waals surface area contributed by atoms with E-state index in [-0.39, 0.29) is 5.91 Å². The Morgan fingerprint density at radius 2 is 1.74 bits per heavy atom. The van der Waals surface area contributed by atoms with Crippen LogP contribution < -0.4 is 5.32 Å². The third-order valence-electron chi connectivity index (χ3n) is 6.04. The van der Waals surface area contributed by atoms with Crippen molar-refractivity contribution in [2.45, 2.75) is 26.8 Å². The number of rotatable bonds is 7. The van der Waals surface area contributed by atoms with Crippen molar-refractivity contribution in [1.29, 1.82) is 0 Å². The number of nitrogens with zero attached hydrogens (tertiary/aromatic N) is 4. The van der Waals surface area contributed by atoms with Crippen LogP contribution in [0.15, 0.2) is 79.1 Å². The van der Waals surface area contributed by atoms with Gasteiger partial charge in [-0.1, -0.05) is 41.9 Å². The van der Waals surface area contributed by atoms with Crippen LogP contribution >= 0.6 is 11.6 Å². The van der Waals surface area contributed by atoms with Gasteiger partial charge < -0.3 is 9.88 Å². The molecule has 7 heteroatoms. The lowest BCUT2D eigenvalue weighted by Gasteiger charge is -2.08. The first-order valence-corrected chi connectivity index (χ1v) is 12.0. The Kier molecular flexibility index (Phi) is 6.38. The van der Waals surface area contributed by atoms with Gasteiger partial charge in [0.25, 0.3) is 5.91 Å². The van der Waals surface area contributed by atoms with Gasteiger partial charge in [0, 0.05) is 35.2 Å². The Morgan fingerprint density at radius 3 is 2.49 bits per heavy atom. The minimum atomic E-state index is -0.101. The van der Waals surface area contributed by atoms with Crippen LogP contribution in [0.25, 0.3) is 16.9 Å². The SMILES string of the molecule is Cc1cc(C)c2c(-n3cccc3)nn(Cc3ccc(C(=O)NCCc4ccccc4Cl)cc3)c2n1. The van der Waals surface area contributed by atoms with Gasteiger partial charge in [-0.15, -0.1) is 0 Å². The van der Waals surface area contributed by atoms with Gasteiger partial charge in [-0.05, 0) is 73.4 Å². The molecular weight excluding hydrogens is 458 g/mol. The third kappa shape index (κ3) is 4.84. The zero-order valence-electron chi connectivity index (χ0n) is 19.7. The Morgan fingerprint density at radius 1 is 1.00 bits per heavy atom. The molecule has 0 bridgehead atoms. The number of pyridine rings is 1. The summed E-state index contributed by atoms with van der Waals surface area (Å²) in [7, 11) is 0. The summed E-state index contributed by atoms with van der Waals surface area (Å²) in [5.41, 5.74) is 5.64. The number of hydrogen-bond donors (Lipinski definition) is 1. The minimum absolute atomic E-state index is 0.101. The number of halogens is 1. The molecular formula is C28H26ClN5O. The lowest BCUT2D eigenvalue weighted by molar-refractivity contribution is 0.0954. The van der Waals surface area contributed by atoms with Gasteiger partial charge in [0.2, 0.25) is 0 Å². The topological polar surface area (TPSA) is 64.7 Å². The molecule has 0 unspecified atom stereocenters. The summed E-state index contributed by atoms with van der Waals surface area (Å²) in [5, 5.41) is 9.62. The number of benzene rings is 2. The van der Waals surface area contributed by atoms with Crippen molar-refractivity contribution in [3.05, 3.63) is 112 Å². The van der Waals surface area contributed by atoms with Gasteiger partial charge in [0.1, 0.15) is 0 Å². The molecule has 1 N–H and O–H groups in total. The largest absolute Gasteiger partial charge is 0.352 e. The summed E-state index contributed by atoms with van der Waals surface area (Å²) in [4.78, 5) is 17.4. The van der Waals surface area contributed by atoms with Crippen LogP contribution in [0.2, 0.25) is 5.02 Å². The first-order valence-electron chi connectivity index (χ1n) is 11.6. The molecule has 0 fully saturated rings. The van der Waals surface area contributed by atoms with E-state index >= 15 is 0 Å². The highest BCUT2D eigenvalue weighted by Gasteiger charge is 2.16. The monoisotopic (exact) mass is 483 g/mol. The van der Waals surface area contributed by atoms with Crippen LogP contribution in [0.1, 0.15) is 32.7 Å². The molecule has 0 atom stereocenters. The van der Waals surface area contributed by atoms with E-state index in [1.165, 1.54) is 0 Å². The Balaban J connectivity index is 1.32. The second kappa shape index (κ2) is 9.76. The van der Waals surface area contributed by atoms with Crippen molar-refractivity contribution in [2.24, 2.45) is 0 Å². The normalized spacial score (nSPS) is 11.2. The maximum atomic E-state index is 12.6. The average Bonchev–Trinajstić information content (AvgIpc) is 3.49. The smallest absolute Gasteiger partial charge is 0.251 e. The molecule has 0 spiro atoms. The van der Waals surface area contributed by atoms with E-state index in [0.717, 1.165) is 44.3 Å². The summed E-state index contributed by atoms with van der Waals surface area (Å²) >= 11 is 6.20. The standard InChI is InChI=1S/C28H26ClN5O/c1-19-17-20(2)31-26-25(19)27(33-15-5-6-16-33)32-34(26)18-21-9-11-23(12-10-21)28(35)30-14-13-22-7-3-4-8-24(22)29/h3-12,15-17H,13-14,18H2,1-2H3,(H,30,35). The molecule has 35 heavy (non-hydrogen) atoms. The van der Waals surface area contributed by atoms with Crippen molar-refractivity contribution >= 4 is 28.5 Å². The average molecular weight is 484 g/mol. The summed E-state index contributed by atoms with van der Waals surface area (Å²) < 4.78 is 3.95. The third-order valence-corrected chi connectivity index (χ3v) is 6.41. The van der Waals surface area contributed by atoms with Gasteiger partial charge in [-0.25, -0.2) is 9.67 Å². The zero-order chi connectivity index (χ0) is 24.4. The summed E-state index contributed by atoms with van der Waals surface area (Å²) in [6.45, 7) is 5.17. The van der Waals surface area contributed by atoms with Crippen LogP contribution in [0, 0.1) is 13.8 Å². The van der Waals surface area contributed by atoms with Gasteiger partial charge in [0.05, 0.1) is 11.9 Å². The highest BCUT2D eigenvalue weighted by Crippen LogP contribution is 2.26. The Labute approximate surface area is 209 Å². The second-order valence-electron chi connectivity index (χ2n) is 8.64. The second-order valence-corrected chi connectivity index (χ2v) is 9.05. The zero-order valence-corrected chi connectivity index (χ0v) is 20.5. The van der Waals surface area contributed by atoms with Gasteiger partial charge >= 0.3 is 0 Å². The molecule has 5 rings (SSSR count). The van der Waals surface area contributed by atoms with Crippen molar-refractivity contribution in [3.8, 4) is 5.82 Å². The molecule has 3 aromatic heterocycles. The molecule has 0 saturated carbocycles. The van der Waals surface area contributed by atoms with Gasteiger partial charge in [-0.2, -0.15) is 5.10 Å². The van der Waals surface area contributed by atoms with E-state index in [1.54, 1.807) is 0 Å². The summed E-state index contributed by atoms with van der Waals surface area (Å²) in [5.74, 6) is 0.764. The predicted molar refractivity (Wildman–Crippen MR) is 139 cm³/mol. The van der Waals surface area contributed by atoms with E-state index in [1.807, 2.05) is 89.2 Å². The maximum absolute atomic E-state index is 12.6. The number of hydrogen-bond acceptors (Lipinski definition) is 3. The number of carbonyl (C=O) groups excluding carboxylic acids is 1. The van der Waals surface area contributed by atoms with E-state index in [0.29, 0.717) is 25.1 Å². The van der Waals surface area contributed by atoms with Gasteiger partial charge in [0.15, 0.2) is 11.5 Å². The number of fused-ring (bicyclic) bond motifs is 1. The summed E-state index contributed by atoms with van der Waals surface area (Å²) in [6.07, 6.45) is 4.67. The van der Waals surface area contributed by atoms with Crippen LogP contribution in [-0.4, -0.2) is 31.8 Å². The van der Waals surface area contributed by atoms with Crippen molar-refractivity contribution in [3.63, 3.8) is 0 Å². The highest BCUT2D eigenvalue weighted by atomic mass is 35.5. The number of nitrogens with one attached hydrogen (secondary N) is 1. The van der Waals surface area contributed by atoms with E-state index in [9.17, 15) is 4.79 Å². The van der Waals surface area contributed by atoms with Crippen LogP contribution in [0.4, 0.5) is 0 Å². The van der Waals surface area contributed by atoms with Crippen molar-refractivity contribution in [2.75, 3.05) is 6.54 Å². The fourth-order valence-corrected chi connectivity index (χ4v) is 4.54. The Hall–Kier alpha value is -3.90. The first kappa shape index (κ1) is 22.9. The molecule has 0 aliphatic heterocycles. The summed E-state index contributed by atoms with van der Waals surface area (Å²) in [6, 6.07) is 21.4. The number of carbonyl (C=O) groups is 1. The fraction of sp³-hybridized carbons (Fsp3) is 0.179. The van der Waals surface area contributed by atoms with Crippen molar-refractivity contribution < 1.29 is 4.79 Å². The minimum Gasteiger partial charge on any atom is -0.352 e. The van der Waals surface area contributed by atoms with E-state index in [2.05, 4.69) is 18.3 Å². The molecule has 3 heterocycles. The van der Waals surface area contributed by atoms with Crippen molar-refractivity contribution in [1.82, 2.24) is 24.6 Å². The molecule has 0 saturated heterocycles. The maximum Gasteiger partial charge on any atom is 0.251 e. The lowest BCUT2D eigenvalue weighted by atomic mass is 10.1. The highest BCUT2D eigenvalue weighted by molar-refractivity contribution is 6.31. The molecule has 6 nitrogen and oxygen atoms in total. The molecule has 5 aromatic rings. The number of aromatic nitrogens is 4. The molecule has 0 aliphatic carbocycles. The fourth-order valence-electron chi connectivity index (χ4n) is 4.31. The van der Waals surface area contributed by atoms with Gasteiger partial charge in [-0.3, -0.25) is 4.79 Å². The predicted octanol–water partition coefficient (Wildman–Crippen LogP) is 5.51. The molecule has 0 aliphatic rings. The van der Waals surface area contributed by atoms with Crippen LogP contribution in [0.3, 0.4) is 0 Å². The number of aryl methyl sites for hydroxylation is 2. The molecule has 1 amide bonds. The Bertz CT molecular complexity index is 1490. The van der Waals surface area contributed by atoms with E-state index in [4.69, 9.17) is 21.7 Å². The van der Waals surface area contributed by atoms with Crippen LogP contribution in [-0.2, 0) is 13.0 Å². The lowest BCUT2D eigenvalue weighted by Crippen LogP contribution is -2.25. The van der Waals surface area contributed by atoms with E-state index < -0.39 is 0 Å².